The number of carbonyl (C=O) groups excluding carboxylic acids is 1. The molecule has 0 unspecified atom stereocenters. The maximum atomic E-state index is 13.4. The van der Waals surface area contributed by atoms with Crippen LogP contribution in [0.4, 0.5) is 4.39 Å². The topological polar surface area (TPSA) is 62.5 Å². The molecule has 4 fully saturated rings. The largest absolute Gasteiger partial charge is 0.419 e. The van der Waals surface area contributed by atoms with Gasteiger partial charge in [0, 0.05) is 31.2 Å². The van der Waals surface area contributed by atoms with Crippen LogP contribution in [0.3, 0.4) is 0 Å². The van der Waals surface area contributed by atoms with Crippen LogP contribution in [0, 0.1) is 17.7 Å². The lowest BCUT2D eigenvalue weighted by molar-refractivity contribution is -0.141. The average Bonchev–Trinajstić information content (AvgIpc) is 2.95. The Hall–Kier alpha value is -2.28. The third-order valence-corrected chi connectivity index (χ3v) is 6.45. The highest BCUT2D eigenvalue weighted by Gasteiger charge is 2.41. The Morgan fingerprint density at radius 1 is 1.14 bits per heavy atom. The van der Waals surface area contributed by atoms with Crippen LogP contribution < -0.4 is 0 Å². The van der Waals surface area contributed by atoms with E-state index in [1.165, 1.54) is 31.4 Å². The summed E-state index contributed by atoms with van der Waals surface area (Å²) < 4.78 is 19.2. The Labute approximate surface area is 163 Å². The molecule has 7 heteroatoms. The number of fused-ring (bicyclic) bond motifs is 4. The number of hydrogen-bond donors (Lipinski definition) is 0. The zero-order valence-corrected chi connectivity index (χ0v) is 15.9. The van der Waals surface area contributed by atoms with E-state index in [1.807, 2.05) is 0 Å². The molecule has 1 aromatic heterocycles. The molecule has 1 saturated carbocycles. The van der Waals surface area contributed by atoms with E-state index in [2.05, 4.69) is 20.0 Å². The van der Waals surface area contributed by atoms with Gasteiger partial charge in [-0.05, 0) is 49.8 Å². The number of carbonyl (C=O) groups is 1. The van der Waals surface area contributed by atoms with Crippen LogP contribution in [0.1, 0.15) is 38.0 Å². The molecular formula is C21H25FN4O2. The standard InChI is InChI=1S/C21H25FN4O2/c22-17-6-2-5-15(9-17)20-24-23-19(28-20)13-25-11-16-7-8-18(12-25)26(21(16)27)10-14-3-1-4-14/h2,5-6,9,14,16,18H,1,3-4,7-8,10-13H2/t16-,18+/m0/s1. The maximum Gasteiger partial charge on any atom is 0.247 e. The number of hydrogen-bond acceptors (Lipinski definition) is 5. The van der Waals surface area contributed by atoms with Gasteiger partial charge in [-0.15, -0.1) is 10.2 Å². The summed E-state index contributed by atoms with van der Waals surface area (Å²) in [5, 5.41) is 8.22. The molecule has 0 radical (unpaired) electrons. The first-order valence-electron chi connectivity index (χ1n) is 10.3. The van der Waals surface area contributed by atoms with Crippen molar-refractivity contribution in [1.82, 2.24) is 20.0 Å². The number of amides is 1. The normalized spacial score (nSPS) is 25.8. The molecule has 1 amide bonds. The second-order valence-corrected chi connectivity index (χ2v) is 8.42. The molecule has 1 aliphatic carbocycles. The lowest BCUT2D eigenvalue weighted by atomic mass is 9.83. The zero-order chi connectivity index (χ0) is 19.1. The summed E-state index contributed by atoms with van der Waals surface area (Å²) in [6.07, 6.45) is 5.88. The minimum atomic E-state index is -0.327. The van der Waals surface area contributed by atoms with Crippen LogP contribution in [0.5, 0.6) is 0 Å². The van der Waals surface area contributed by atoms with Gasteiger partial charge in [0.05, 0.1) is 12.5 Å². The Kier molecular flexibility index (Phi) is 4.62. The maximum absolute atomic E-state index is 13.4. The van der Waals surface area contributed by atoms with E-state index in [1.54, 1.807) is 12.1 Å². The van der Waals surface area contributed by atoms with E-state index in [-0.39, 0.29) is 17.8 Å². The summed E-state index contributed by atoms with van der Waals surface area (Å²) in [6.45, 7) is 3.05. The van der Waals surface area contributed by atoms with Crippen molar-refractivity contribution in [2.24, 2.45) is 11.8 Å². The summed E-state index contributed by atoms with van der Waals surface area (Å²) in [6, 6.07) is 6.45. The van der Waals surface area contributed by atoms with Crippen molar-refractivity contribution >= 4 is 5.91 Å². The Balaban J connectivity index is 1.28. The smallest absolute Gasteiger partial charge is 0.247 e. The summed E-state index contributed by atoms with van der Waals surface area (Å²) in [5.74, 6) is 1.61. The van der Waals surface area contributed by atoms with Gasteiger partial charge in [-0.1, -0.05) is 12.5 Å². The SMILES string of the molecule is O=C1[C@H]2CC[C@H](CN(Cc3nnc(-c4cccc(F)c4)o3)C2)N1CC1CCC1. The summed E-state index contributed by atoms with van der Waals surface area (Å²) in [5.41, 5.74) is 0.580. The molecule has 6 rings (SSSR count). The van der Waals surface area contributed by atoms with Crippen LogP contribution in [0.2, 0.25) is 0 Å². The van der Waals surface area contributed by atoms with Gasteiger partial charge >= 0.3 is 0 Å². The summed E-state index contributed by atoms with van der Waals surface area (Å²) >= 11 is 0. The second kappa shape index (κ2) is 7.28. The van der Waals surface area contributed by atoms with Crippen molar-refractivity contribution in [3.05, 3.63) is 36.0 Å². The van der Waals surface area contributed by atoms with Gasteiger partial charge in [-0.25, -0.2) is 4.39 Å². The van der Waals surface area contributed by atoms with Crippen molar-refractivity contribution in [3.8, 4) is 11.5 Å². The fraction of sp³-hybridized carbons (Fsp3) is 0.571. The molecule has 2 aromatic rings. The molecule has 0 spiro atoms. The predicted molar refractivity (Wildman–Crippen MR) is 101 cm³/mol. The highest BCUT2D eigenvalue weighted by atomic mass is 19.1. The second-order valence-electron chi connectivity index (χ2n) is 8.42. The minimum absolute atomic E-state index is 0.0736. The lowest BCUT2D eigenvalue weighted by Crippen LogP contribution is -2.50. The van der Waals surface area contributed by atoms with E-state index in [9.17, 15) is 9.18 Å². The van der Waals surface area contributed by atoms with E-state index < -0.39 is 0 Å². The van der Waals surface area contributed by atoms with Crippen molar-refractivity contribution in [1.29, 1.82) is 0 Å². The van der Waals surface area contributed by atoms with Gasteiger partial charge in [0.15, 0.2) is 0 Å². The molecule has 28 heavy (non-hydrogen) atoms. The Morgan fingerprint density at radius 3 is 2.82 bits per heavy atom. The van der Waals surface area contributed by atoms with Crippen LogP contribution in [-0.4, -0.2) is 51.6 Å². The fourth-order valence-electron chi connectivity index (χ4n) is 4.70. The Bertz CT molecular complexity index is 866. The van der Waals surface area contributed by atoms with E-state index in [4.69, 9.17) is 4.42 Å². The summed E-state index contributed by atoms with van der Waals surface area (Å²) in [4.78, 5) is 17.3. The first-order valence-corrected chi connectivity index (χ1v) is 10.3. The van der Waals surface area contributed by atoms with E-state index in [0.29, 0.717) is 35.7 Å². The molecule has 2 bridgehead atoms. The van der Waals surface area contributed by atoms with Gasteiger partial charge in [0.25, 0.3) is 0 Å². The number of halogens is 1. The average molecular weight is 384 g/mol. The molecule has 4 heterocycles. The monoisotopic (exact) mass is 384 g/mol. The number of rotatable bonds is 5. The number of aromatic nitrogens is 2. The van der Waals surface area contributed by atoms with Crippen LogP contribution in [0.15, 0.2) is 28.7 Å². The predicted octanol–water partition coefficient (Wildman–Crippen LogP) is 3.10. The van der Waals surface area contributed by atoms with Crippen molar-refractivity contribution in [2.75, 3.05) is 19.6 Å². The van der Waals surface area contributed by atoms with Crippen molar-refractivity contribution in [2.45, 2.75) is 44.7 Å². The van der Waals surface area contributed by atoms with Gasteiger partial charge in [0.2, 0.25) is 17.7 Å². The van der Waals surface area contributed by atoms with E-state index >= 15 is 0 Å². The van der Waals surface area contributed by atoms with Crippen LogP contribution in [-0.2, 0) is 11.3 Å². The van der Waals surface area contributed by atoms with Crippen LogP contribution in [0.25, 0.3) is 11.5 Å². The highest BCUT2D eigenvalue weighted by molar-refractivity contribution is 5.80. The molecule has 148 valence electrons. The van der Waals surface area contributed by atoms with Crippen LogP contribution >= 0.6 is 0 Å². The quantitative estimate of drug-likeness (QED) is 0.793. The summed E-state index contributed by atoms with van der Waals surface area (Å²) in [7, 11) is 0. The Morgan fingerprint density at radius 2 is 2.04 bits per heavy atom. The van der Waals surface area contributed by atoms with Gasteiger partial charge in [-0.2, -0.15) is 0 Å². The van der Waals surface area contributed by atoms with Crippen molar-refractivity contribution < 1.29 is 13.6 Å². The van der Waals surface area contributed by atoms with Gasteiger partial charge < -0.3 is 9.32 Å². The first-order chi connectivity index (χ1) is 13.7. The zero-order valence-electron chi connectivity index (χ0n) is 15.9. The fourth-order valence-corrected chi connectivity index (χ4v) is 4.70. The van der Waals surface area contributed by atoms with Crippen molar-refractivity contribution in [3.63, 3.8) is 0 Å². The molecule has 0 N–H and O–H groups in total. The molecule has 3 saturated heterocycles. The molecular weight excluding hydrogens is 359 g/mol. The third kappa shape index (κ3) is 3.43. The van der Waals surface area contributed by atoms with Gasteiger partial charge in [0.1, 0.15) is 5.82 Å². The van der Waals surface area contributed by atoms with E-state index in [0.717, 1.165) is 32.5 Å². The minimum Gasteiger partial charge on any atom is -0.419 e. The lowest BCUT2D eigenvalue weighted by Gasteiger charge is -2.40. The highest BCUT2D eigenvalue weighted by Crippen LogP contribution is 2.34. The van der Waals surface area contributed by atoms with Gasteiger partial charge in [-0.3, -0.25) is 9.69 Å². The number of piperidine rings is 1. The molecule has 4 aliphatic rings. The number of benzene rings is 1. The molecule has 3 aliphatic heterocycles. The molecule has 1 aromatic carbocycles. The number of nitrogens with zero attached hydrogens (tertiary/aromatic N) is 4. The molecule has 2 atom stereocenters. The molecule has 6 nitrogen and oxygen atoms in total. The first kappa shape index (κ1) is 17.8. The third-order valence-electron chi connectivity index (χ3n) is 6.45.